The Bertz CT molecular complexity index is 1110. The lowest BCUT2D eigenvalue weighted by Gasteiger charge is -2.14. The molecule has 1 aliphatic heterocycles. The molecule has 1 fully saturated rings. The summed E-state index contributed by atoms with van der Waals surface area (Å²) in [6.45, 7) is 0.0855. The highest BCUT2D eigenvalue weighted by Crippen LogP contribution is 2.40. The first kappa shape index (κ1) is 21.8. The van der Waals surface area contributed by atoms with E-state index in [-0.39, 0.29) is 18.2 Å². The maximum absolute atomic E-state index is 12.9. The summed E-state index contributed by atoms with van der Waals surface area (Å²) < 4.78 is 11.8. The van der Waals surface area contributed by atoms with Crippen molar-refractivity contribution in [2.75, 3.05) is 18.6 Å². The second-order valence-electron chi connectivity index (χ2n) is 5.82. The Morgan fingerprint density at radius 3 is 2.67 bits per heavy atom. The Morgan fingerprint density at radius 2 is 2.07 bits per heavy atom. The van der Waals surface area contributed by atoms with E-state index in [0.29, 0.717) is 36.4 Å². The molecule has 0 bridgehead atoms. The maximum atomic E-state index is 12.9. The van der Waals surface area contributed by atoms with Crippen LogP contribution < -0.4 is 14.4 Å². The van der Waals surface area contributed by atoms with E-state index in [4.69, 9.17) is 28.1 Å². The standard InChI is InChI=1S/C20H13BrN2O5S2/c1-3-8-28-18-15(21)9-12(10-16(18)27-2)11-17-19(24)22(20(29)30-17)13-4-6-14(7-5-13)23(25)26/h1,4-7,9-11H,8H2,2H3/b17-11+. The molecule has 0 aliphatic carbocycles. The minimum Gasteiger partial charge on any atom is -0.493 e. The molecular formula is C20H13BrN2O5S2. The van der Waals surface area contributed by atoms with E-state index in [0.717, 1.165) is 11.8 Å². The van der Waals surface area contributed by atoms with Crippen molar-refractivity contribution >= 4 is 67.6 Å². The van der Waals surface area contributed by atoms with E-state index in [1.807, 2.05) is 0 Å². The Hall–Kier alpha value is -2.87. The molecule has 1 aliphatic rings. The first-order valence-corrected chi connectivity index (χ1v) is 10.3. The van der Waals surface area contributed by atoms with Crippen LogP contribution in [0.25, 0.3) is 6.08 Å². The van der Waals surface area contributed by atoms with Crippen molar-refractivity contribution in [1.82, 2.24) is 0 Å². The van der Waals surface area contributed by atoms with Gasteiger partial charge in [0.05, 0.1) is 27.1 Å². The summed E-state index contributed by atoms with van der Waals surface area (Å²) in [4.78, 5) is 25.0. The minimum atomic E-state index is -0.504. The fourth-order valence-electron chi connectivity index (χ4n) is 2.64. The first-order chi connectivity index (χ1) is 14.3. The molecule has 10 heteroatoms. The topological polar surface area (TPSA) is 81.9 Å². The van der Waals surface area contributed by atoms with Gasteiger partial charge in [0.15, 0.2) is 15.8 Å². The fraction of sp³-hybridized carbons (Fsp3) is 0.100. The maximum Gasteiger partial charge on any atom is 0.270 e. The molecule has 0 atom stereocenters. The lowest BCUT2D eigenvalue weighted by Crippen LogP contribution is -2.27. The number of hydrogen-bond donors (Lipinski definition) is 0. The monoisotopic (exact) mass is 504 g/mol. The summed E-state index contributed by atoms with van der Waals surface area (Å²) in [6, 6.07) is 9.12. The third kappa shape index (κ3) is 4.48. The average Bonchev–Trinajstić information content (AvgIpc) is 2.99. The quantitative estimate of drug-likeness (QED) is 0.184. The molecule has 3 rings (SSSR count). The Morgan fingerprint density at radius 1 is 1.37 bits per heavy atom. The summed E-state index contributed by atoms with van der Waals surface area (Å²) >= 11 is 9.91. The number of nitrogens with zero attached hydrogens (tertiary/aromatic N) is 2. The highest BCUT2D eigenvalue weighted by molar-refractivity contribution is 9.10. The SMILES string of the molecule is C#CCOc1c(Br)cc(/C=C2/SC(=S)N(c3ccc([N+](=O)[O-])cc3)C2=O)cc1OC. The molecule has 1 amide bonds. The van der Waals surface area contributed by atoms with Crippen LogP contribution in [0.2, 0.25) is 0 Å². The summed E-state index contributed by atoms with van der Waals surface area (Å²) in [5.41, 5.74) is 1.09. The highest BCUT2D eigenvalue weighted by atomic mass is 79.9. The van der Waals surface area contributed by atoms with Crippen molar-refractivity contribution in [2.45, 2.75) is 0 Å². The largest absolute Gasteiger partial charge is 0.493 e. The van der Waals surface area contributed by atoms with Gasteiger partial charge in [0, 0.05) is 12.1 Å². The average molecular weight is 505 g/mol. The summed E-state index contributed by atoms with van der Waals surface area (Å²) in [5, 5.41) is 10.8. The van der Waals surface area contributed by atoms with E-state index >= 15 is 0 Å². The second-order valence-corrected chi connectivity index (χ2v) is 8.35. The second kappa shape index (κ2) is 9.30. The molecule has 0 spiro atoms. The van der Waals surface area contributed by atoms with E-state index in [9.17, 15) is 14.9 Å². The van der Waals surface area contributed by atoms with Gasteiger partial charge in [-0.15, -0.1) is 6.42 Å². The third-order valence-electron chi connectivity index (χ3n) is 3.96. The molecule has 0 N–H and O–H groups in total. The lowest BCUT2D eigenvalue weighted by atomic mass is 10.1. The number of nitro groups is 1. The molecule has 1 heterocycles. The van der Waals surface area contributed by atoms with E-state index < -0.39 is 4.92 Å². The van der Waals surface area contributed by atoms with Gasteiger partial charge in [0.2, 0.25) is 0 Å². The van der Waals surface area contributed by atoms with Crippen LogP contribution >= 0.6 is 39.9 Å². The van der Waals surface area contributed by atoms with Crippen molar-refractivity contribution in [1.29, 1.82) is 0 Å². The molecule has 0 radical (unpaired) electrons. The van der Waals surface area contributed by atoms with Crippen molar-refractivity contribution in [2.24, 2.45) is 0 Å². The number of carbonyl (C=O) groups is 1. The van der Waals surface area contributed by atoms with Crippen LogP contribution in [0.4, 0.5) is 11.4 Å². The number of hydrogen-bond acceptors (Lipinski definition) is 7. The fourth-order valence-corrected chi connectivity index (χ4v) is 4.52. The predicted molar refractivity (Wildman–Crippen MR) is 124 cm³/mol. The van der Waals surface area contributed by atoms with Crippen LogP contribution in [0.3, 0.4) is 0 Å². The Balaban J connectivity index is 1.91. The van der Waals surface area contributed by atoms with Crippen LogP contribution in [0.15, 0.2) is 45.8 Å². The predicted octanol–water partition coefficient (Wildman–Crippen LogP) is 4.78. The van der Waals surface area contributed by atoms with Gasteiger partial charge in [0.1, 0.15) is 6.61 Å². The van der Waals surface area contributed by atoms with Gasteiger partial charge in [-0.25, -0.2) is 0 Å². The number of carbonyl (C=O) groups excluding carboxylic acids is 1. The molecule has 2 aromatic rings. The molecule has 2 aromatic carbocycles. The first-order valence-electron chi connectivity index (χ1n) is 8.32. The molecule has 0 saturated carbocycles. The number of amides is 1. The number of non-ortho nitro benzene ring substituents is 1. The number of rotatable bonds is 6. The number of anilines is 1. The number of ether oxygens (including phenoxy) is 2. The molecule has 7 nitrogen and oxygen atoms in total. The van der Waals surface area contributed by atoms with Gasteiger partial charge in [-0.05, 0) is 51.8 Å². The number of thiocarbonyl (C=S) groups is 1. The molecule has 1 saturated heterocycles. The Labute approximate surface area is 190 Å². The van der Waals surface area contributed by atoms with Gasteiger partial charge in [-0.3, -0.25) is 19.8 Å². The van der Waals surface area contributed by atoms with Gasteiger partial charge >= 0.3 is 0 Å². The van der Waals surface area contributed by atoms with E-state index in [1.165, 1.54) is 36.3 Å². The lowest BCUT2D eigenvalue weighted by molar-refractivity contribution is -0.384. The number of methoxy groups -OCH3 is 1. The van der Waals surface area contributed by atoms with Crippen molar-refractivity contribution in [3.05, 3.63) is 61.5 Å². The van der Waals surface area contributed by atoms with Crippen LogP contribution in [0.5, 0.6) is 11.5 Å². The highest BCUT2D eigenvalue weighted by Gasteiger charge is 2.33. The van der Waals surface area contributed by atoms with Crippen LogP contribution in [-0.2, 0) is 4.79 Å². The van der Waals surface area contributed by atoms with E-state index in [1.54, 1.807) is 18.2 Å². The van der Waals surface area contributed by atoms with Crippen molar-refractivity contribution < 1.29 is 19.2 Å². The zero-order valence-corrected chi connectivity index (χ0v) is 18.7. The molecular weight excluding hydrogens is 492 g/mol. The smallest absolute Gasteiger partial charge is 0.270 e. The van der Waals surface area contributed by atoms with Crippen LogP contribution in [0, 0.1) is 22.5 Å². The summed E-state index contributed by atoms with van der Waals surface area (Å²) in [7, 11) is 1.50. The number of terminal acetylenes is 1. The third-order valence-corrected chi connectivity index (χ3v) is 5.85. The zero-order chi connectivity index (χ0) is 21.8. The molecule has 0 unspecified atom stereocenters. The summed E-state index contributed by atoms with van der Waals surface area (Å²) in [5.74, 6) is 2.99. The normalized spacial score (nSPS) is 14.7. The van der Waals surface area contributed by atoms with Crippen LogP contribution in [0.1, 0.15) is 5.56 Å². The molecule has 152 valence electrons. The number of halogens is 1. The van der Waals surface area contributed by atoms with Crippen molar-refractivity contribution in [3.63, 3.8) is 0 Å². The molecule has 0 aromatic heterocycles. The Kier molecular flexibility index (Phi) is 6.77. The van der Waals surface area contributed by atoms with Crippen LogP contribution in [-0.4, -0.2) is 28.9 Å². The summed E-state index contributed by atoms with van der Waals surface area (Å²) in [6.07, 6.45) is 6.92. The zero-order valence-electron chi connectivity index (χ0n) is 15.5. The number of benzene rings is 2. The van der Waals surface area contributed by atoms with Gasteiger partial charge in [0.25, 0.3) is 11.6 Å². The van der Waals surface area contributed by atoms with Crippen molar-refractivity contribution in [3.8, 4) is 23.8 Å². The molecule has 30 heavy (non-hydrogen) atoms. The van der Waals surface area contributed by atoms with Gasteiger partial charge < -0.3 is 9.47 Å². The van der Waals surface area contributed by atoms with Gasteiger partial charge in [-0.1, -0.05) is 29.9 Å². The number of thioether (sulfide) groups is 1. The number of nitro benzene ring substituents is 1. The van der Waals surface area contributed by atoms with E-state index in [2.05, 4.69) is 21.9 Å². The minimum absolute atomic E-state index is 0.0659. The van der Waals surface area contributed by atoms with Gasteiger partial charge in [-0.2, -0.15) is 0 Å².